The van der Waals surface area contributed by atoms with Crippen LogP contribution in [0.15, 0.2) is 66.7 Å². The summed E-state index contributed by atoms with van der Waals surface area (Å²) in [6.45, 7) is 4.08. The minimum Gasteiger partial charge on any atom is -0.458 e. The minimum atomic E-state index is 0.380. The van der Waals surface area contributed by atoms with Crippen molar-refractivity contribution < 1.29 is 4.74 Å². The van der Waals surface area contributed by atoms with E-state index < -0.39 is 0 Å². The zero-order valence-electron chi connectivity index (χ0n) is 17.5. The van der Waals surface area contributed by atoms with E-state index in [1.807, 2.05) is 49.7 Å². The van der Waals surface area contributed by atoms with Crippen LogP contribution in [0.1, 0.15) is 25.8 Å². The van der Waals surface area contributed by atoms with Crippen LogP contribution in [0.4, 0.5) is 0 Å². The van der Waals surface area contributed by atoms with Crippen molar-refractivity contribution in [3.8, 4) is 29.4 Å². The molecule has 6 heteroatoms. The maximum atomic E-state index is 5.89. The van der Waals surface area contributed by atoms with E-state index >= 15 is 0 Å². The van der Waals surface area contributed by atoms with Gasteiger partial charge in [0.25, 0.3) is 0 Å². The summed E-state index contributed by atoms with van der Waals surface area (Å²) in [6, 6.07) is 10.4. The fourth-order valence-electron chi connectivity index (χ4n) is 3.95. The Labute approximate surface area is 178 Å². The predicted molar refractivity (Wildman–Crippen MR) is 124 cm³/mol. The van der Waals surface area contributed by atoms with Crippen molar-refractivity contribution in [1.82, 2.24) is 19.6 Å². The first-order valence-corrected chi connectivity index (χ1v) is 10.3. The average Bonchev–Trinajstić information content (AvgIpc) is 3.17. The Morgan fingerprint density at radius 3 is 2.87 bits per heavy atom. The summed E-state index contributed by atoms with van der Waals surface area (Å²) >= 11 is 0. The molecule has 2 aromatic heterocycles. The summed E-state index contributed by atoms with van der Waals surface area (Å²) in [5.41, 5.74) is 3.14. The van der Waals surface area contributed by atoms with Gasteiger partial charge >= 0.3 is 0 Å². The Morgan fingerprint density at radius 1 is 1.30 bits per heavy atom. The molecule has 1 saturated heterocycles. The summed E-state index contributed by atoms with van der Waals surface area (Å²) in [5, 5.41) is 6.10. The van der Waals surface area contributed by atoms with Gasteiger partial charge in [-0.15, -0.1) is 6.42 Å². The number of nitrogens with zero attached hydrogens (tertiary/aromatic N) is 4. The lowest BCUT2D eigenvalue weighted by Crippen LogP contribution is -2.35. The van der Waals surface area contributed by atoms with Crippen LogP contribution in [-0.4, -0.2) is 40.6 Å². The quantitative estimate of drug-likeness (QED) is 0.285. The SMILES string of the molecule is BN1CCC[C@@H](n2nc(-c3ccc(OC(/C=C\C#C)=C/C)cc3)c3cnccc32)C1. The molecule has 0 amide bonds. The van der Waals surface area contributed by atoms with Gasteiger partial charge in [-0.3, -0.25) is 9.67 Å². The number of aromatic nitrogens is 3. The number of fused-ring (bicyclic) bond motifs is 1. The molecule has 0 aliphatic carbocycles. The third-order valence-electron chi connectivity index (χ3n) is 5.45. The molecule has 1 aromatic carbocycles. The van der Waals surface area contributed by atoms with E-state index in [-0.39, 0.29) is 0 Å². The first kappa shape index (κ1) is 20.0. The zero-order chi connectivity index (χ0) is 20.9. The van der Waals surface area contributed by atoms with Gasteiger partial charge in [-0.25, -0.2) is 0 Å². The molecular weight excluding hydrogens is 371 g/mol. The van der Waals surface area contributed by atoms with E-state index in [4.69, 9.17) is 16.3 Å². The Morgan fingerprint density at radius 2 is 2.13 bits per heavy atom. The number of terminal acetylenes is 1. The number of hydrogen-bond acceptors (Lipinski definition) is 4. The number of hydrogen-bond donors (Lipinski definition) is 0. The molecule has 3 aromatic rings. The van der Waals surface area contributed by atoms with Crippen LogP contribution in [0, 0.1) is 12.3 Å². The van der Waals surface area contributed by atoms with Gasteiger partial charge in [0.2, 0.25) is 0 Å². The van der Waals surface area contributed by atoms with Crippen LogP contribution in [0.25, 0.3) is 22.2 Å². The highest BCUT2D eigenvalue weighted by Gasteiger charge is 2.23. The van der Waals surface area contributed by atoms with Crippen molar-refractivity contribution in [2.75, 3.05) is 13.1 Å². The Balaban J connectivity index is 1.65. The van der Waals surface area contributed by atoms with Crippen LogP contribution >= 0.6 is 0 Å². The smallest absolute Gasteiger partial charge is 0.185 e. The standard InChI is InChI=1S/C24H25BN4O/c1-3-5-8-20(4-2)30-21-11-9-18(10-12-21)24-22-16-26-14-13-23(22)29(27-24)19-7-6-15-28(25)17-19/h1,4-5,8-14,16,19H,6-7,15,17,25H2,2H3/b8-5-,20-4+/t19-/m1/s1. The third-order valence-corrected chi connectivity index (χ3v) is 5.45. The highest BCUT2D eigenvalue weighted by Crippen LogP contribution is 2.32. The van der Waals surface area contributed by atoms with Crippen LogP contribution < -0.4 is 4.74 Å². The average molecular weight is 396 g/mol. The van der Waals surface area contributed by atoms with E-state index in [2.05, 4.69) is 34.4 Å². The van der Waals surface area contributed by atoms with Crippen LogP contribution in [0.2, 0.25) is 0 Å². The number of allylic oxidation sites excluding steroid dienone is 3. The summed E-state index contributed by atoms with van der Waals surface area (Å²) in [5.74, 6) is 3.94. The largest absolute Gasteiger partial charge is 0.458 e. The van der Waals surface area contributed by atoms with Gasteiger partial charge in [-0.05, 0) is 74.9 Å². The van der Waals surface area contributed by atoms with Crippen molar-refractivity contribution in [3.05, 3.63) is 66.7 Å². The molecule has 0 bridgehead atoms. The van der Waals surface area contributed by atoms with E-state index in [1.165, 1.54) is 6.42 Å². The maximum absolute atomic E-state index is 5.89. The molecule has 1 aliphatic rings. The second kappa shape index (κ2) is 9.02. The zero-order valence-corrected chi connectivity index (χ0v) is 17.5. The Bertz CT molecular complexity index is 1120. The predicted octanol–water partition coefficient (Wildman–Crippen LogP) is 3.76. The molecule has 3 heterocycles. The lowest BCUT2D eigenvalue weighted by atomic mass is 10.0. The van der Waals surface area contributed by atoms with Crippen LogP contribution in [-0.2, 0) is 0 Å². The molecule has 1 atom stereocenters. The highest BCUT2D eigenvalue weighted by atomic mass is 16.5. The summed E-state index contributed by atoms with van der Waals surface area (Å²) in [7, 11) is 2.18. The monoisotopic (exact) mass is 396 g/mol. The lowest BCUT2D eigenvalue weighted by Gasteiger charge is -2.30. The van der Waals surface area contributed by atoms with E-state index in [0.717, 1.165) is 47.4 Å². The fraction of sp³-hybridized carbons (Fsp3) is 0.250. The fourth-order valence-corrected chi connectivity index (χ4v) is 3.95. The normalized spacial score (nSPS) is 18.0. The molecule has 1 fully saturated rings. The summed E-state index contributed by atoms with van der Waals surface area (Å²) in [6.07, 6.45) is 16.6. The van der Waals surface area contributed by atoms with E-state index in [1.54, 1.807) is 12.2 Å². The van der Waals surface area contributed by atoms with E-state index in [0.29, 0.717) is 11.8 Å². The molecule has 1 aliphatic heterocycles. The van der Waals surface area contributed by atoms with Gasteiger partial charge in [0, 0.05) is 29.9 Å². The minimum absolute atomic E-state index is 0.380. The van der Waals surface area contributed by atoms with Crippen molar-refractivity contribution in [3.63, 3.8) is 0 Å². The maximum Gasteiger partial charge on any atom is 0.185 e. The second-order valence-electron chi connectivity index (χ2n) is 7.56. The van der Waals surface area contributed by atoms with Crippen molar-refractivity contribution in [1.29, 1.82) is 0 Å². The number of piperidine rings is 1. The Hall–Kier alpha value is -3.30. The molecule has 0 saturated carbocycles. The molecule has 4 rings (SSSR count). The second-order valence-corrected chi connectivity index (χ2v) is 7.56. The third kappa shape index (κ3) is 4.17. The molecule has 0 N–H and O–H groups in total. The van der Waals surface area contributed by atoms with Gasteiger partial charge in [0.05, 0.1) is 11.6 Å². The number of pyridine rings is 1. The van der Waals surface area contributed by atoms with Gasteiger partial charge < -0.3 is 9.55 Å². The first-order chi connectivity index (χ1) is 14.7. The lowest BCUT2D eigenvalue weighted by molar-refractivity contribution is 0.266. The van der Waals surface area contributed by atoms with Gasteiger partial charge in [-0.2, -0.15) is 5.10 Å². The first-order valence-electron chi connectivity index (χ1n) is 10.3. The van der Waals surface area contributed by atoms with Crippen molar-refractivity contribution in [2.24, 2.45) is 0 Å². The Kier molecular flexibility index (Phi) is 6.01. The molecule has 0 unspecified atom stereocenters. The van der Waals surface area contributed by atoms with Crippen molar-refractivity contribution in [2.45, 2.75) is 25.8 Å². The molecule has 5 nitrogen and oxygen atoms in total. The van der Waals surface area contributed by atoms with Crippen LogP contribution in [0.5, 0.6) is 5.75 Å². The molecule has 30 heavy (non-hydrogen) atoms. The molecular formula is C24H25BN4O. The van der Waals surface area contributed by atoms with Gasteiger partial charge in [0.15, 0.2) is 7.98 Å². The summed E-state index contributed by atoms with van der Waals surface area (Å²) in [4.78, 5) is 6.73. The summed E-state index contributed by atoms with van der Waals surface area (Å²) < 4.78 is 8.08. The number of benzene rings is 1. The molecule has 0 radical (unpaired) electrons. The van der Waals surface area contributed by atoms with Gasteiger partial charge in [-0.1, -0.05) is 5.92 Å². The molecule has 150 valence electrons. The topological polar surface area (TPSA) is 43.2 Å². The van der Waals surface area contributed by atoms with E-state index in [9.17, 15) is 0 Å². The number of ether oxygens (including phenoxy) is 1. The highest BCUT2D eigenvalue weighted by molar-refractivity contribution is 6.04. The van der Waals surface area contributed by atoms with Crippen LogP contribution in [0.3, 0.4) is 0 Å². The molecule has 0 spiro atoms. The van der Waals surface area contributed by atoms with Crippen molar-refractivity contribution >= 4 is 18.9 Å². The number of rotatable bonds is 5. The van der Waals surface area contributed by atoms with Gasteiger partial charge in [0.1, 0.15) is 17.2 Å².